The number of carbonyl (C=O) groups excluding carboxylic acids is 3. The molecule has 0 aliphatic carbocycles. The van der Waals surface area contributed by atoms with E-state index in [1.807, 2.05) is 6.07 Å². The van der Waals surface area contributed by atoms with Gasteiger partial charge in [0.2, 0.25) is 5.91 Å². The van der Waals surface area contributed by atoms with Gasteiger partial charge < -0.3 is 24.3 Å². The molecule has 0 unspecified atom stereocenters. The van der Waals surface area contributed by atoms with Crippen LogP contribution in [0.4, 0.5) is 0 Å². The molecule has 2 aliphatic heterocycles. The van der Waals surface area contributed by atoms with E-state index >= 15 is 0 Å². The minimum atomic E-state index is -0.633. The molecule has 2 aromatic rings. The lowest BCUT2D eigenvalue weighted by molar-refractivity contribution is -0.139. The lowest BCUT2D eigenvalue weighted by Gasteiger charge is -2.38. The molecule has 164 valence electrons. The number of benzene rings is 1. The second-order valence-corrected chi connectivity index (χ2v) is 7.86. The van der Waals surface area contributed by atoms with Gasteiger partial charge in [0, 0.05) is 31.7 Å². The maximum Gasteiger partial charge on any atom is 0.289 e. The van der Waals surface area contributed by atoms with Gasteiger partial charge in [-0.2, -0.15) is 0 Å². The molecule has 0 radical (unpaired) electrons. The van der Waals surface area contributed by atoms with Crippen LogP contribution < -0.4 is 5.32 Å². The minimum Gasteiger partial charge on any atom is -0.459 e. The van der Waals surface area contributed by atoms with Crippen LogP contribution in [0.2, 0.25) is 0 Å². The maximum absolute atomic E-state index is 13.3. The molecule has 3 amide bonds. The average Bonchev–Trinajstić information content (AvgIpc) is 3.38. The Hall–Kier alpha value is -3.13. The molecule has 1 atom stereocenters. The van der Waals surface area contributed by atoms with Gasteiger partial charge in [-0.1, -0.05) is 18.2 Å². The molecule has 1 N–H and O–H groups in total. The number of likely N-dealkylation sites (tertiary alicyclic amines) is 1. The summed E-state index contributed by atoms with van der Waals surface area (Å²) in [4.78, 5) is 42.2. The quantitative estimate of drug-likeness (QED) is 0.789. The summed E-state index contributed by atoms with van der Waals surface area (Å²) >= 11 is 0. The van der Waals surface area contributed by atoms with Crippen LogP contribution in [0.1, 0.15) is 33.8 Å². The van der Waals surface area contributed by atoms with Gasteiger partial charge >= 0.3 is 0 Å². The predicted molar refractivity (Wildman–Crippen MR) is 112 cm³/mol. The number of furan rings is 1. The van der Waals surface area contributed by atoms with E-state index in [2.05, 4.69) is 5.32 Å². The smallest absolute Gasteiger partial charge is 0.289 e. The van der Waals surface area contributed by atoms with E-state index in [9.17, 15) is 14.4 Å². The third kappa shape index (κ3) is 4.96. The Morgan fingerprint density at radius 1 is 0.903 bits per heavy atom. The van der Waals surface area contributed by atoms with Gasteiger partial charge in [-0.15, -0.1) is 0 Å². The zero-order valence-corrected chi connectivity index (χ0v) is 17.4. The molecule has 2 saturated heterocycles. The third-order valence-corrected chi connectivity index (χ3v) is 5.94. The van der Waals surface area contributed by atoms with Crippen molar-refractivity contribution in [1.29, 1.82) is 0 Å². The van der Waals surface area contributed by atoms with Crippen molar-refractivity contribution in [2.45, 2.75) is 18.9 Å². The van der Waals surface area contributed by atoms with Gasteiger partial charge in [-0.3, -0.25) is 14.4 Å². The van der Waals surface area contributed by atoms with Crippen molar-refractivity contribution in [3.63, 3.8) is 0 Å². The van der Waals surface area contributed by atoms with Crippen LogP contribution in [-0.4, -0.2) is 73.0 Å². The molecule has 0 bridgehead atoms. The average molecular weight is 425 g/mol. The number of piperidine rings is 1. The van der Waals surface area contributed by atoms with Crippen LogP contribution in [0.5, 0.6) is 0 Å². The van der Waals surface area contributed by atoms with Gasteiger partial charge in [0.05, 0.1) is 19.5 Å². The highest BCUT2D eigenvalue weighted by Gasteiger charge is 2.37. The Morgan fingerprint density at radius 3 is 2.26 bits per heavy atom. The Labute approximate surface area is 181 Å². The van der Waals surface area contributed by atoms with Crippen LogP contribution in [0.3, 0.4) is 0 Å². The zero-order chi connectivity index (χ0) is 21.6. The fraction of sp³-hybridized carbons (Fsp3) is 0.435. The van der Waals surface area contributed by atoms with E-state index in [0.29, 0.717) is 63.6 Å². The van der Waals surface area contributed by atoms with Gasteiger partial charge in [0.1, 0.15) is 6.04 Å². The summed E-state index contributed by atoms with van der Waals surface area (Å²) in [5, 5.41) is 2.98. The molecule has 0 saturated carbocycles. The molecule has 0 spiro atoms. The number of amides is 3. The number of hydrogen-bond acceptors (Lipinski definition) is 5. The summed E-state index contributed by atoms with van der Waals surface area (Å²) in [5.74, 6) is -0.224. The van der Waals surface area contributed by atoms with Crippen LogP contribution in [0, 0.1) is 5.92 Å². The number of ether oxygens (including phenoxy) is 1. The highest BCUT2D eigenvalue weighted by Crippen LogP contribution is 2.24. The molecule has 3 heterocycles. The van der Waals surface area contributed by atoms with E-state index in [0.717, 1.165) is 0 Å². The number of nitrogens with one attached hydrogen (secondary N) is 1. The van der Waals surface area contributed by atoms with Gasteiger partial charge in [-0.05, 0) is 43.0 Å². The number of nitrogens with zero attached hydrogens (tertiary/aromatic N) is 2. The molecule has 2 aliphatic rings. The first kappa shape index (κ1) is 21.1. The maximum atomic E-state index is 13.3. The Kier molecular flexibility index (Phi) is 6.66. The van der Waals surface area contributed by atoms with Gasteiger partial charge in [-0.25, -0.2) is 0 Å². The predicted octanol–water partition coefficient (Wildman–Crippen LogP) is 1.79. The fourth-order valence-electron chi connectivity index (χ4n) is 4.17. The summed E-state index contributed by atoms with van der Waals surface area (Å²) < 4.78 is 10.6. The summed E-state index contributed by atoms with van der Waals surface area (Å²) in [6.07, 6.45) is 2.74. The van der Waals surface area contributed by atoms with Gasteiger partial charge in [0.15, 0.2) is 5.76 Å². The standard InChI is InChI=1S/C23H27N3O5/c27-21(18-5-2-1-3-6-18)24-20(23(29)26-12-15-30-16-13-26)17-8-10-25(11-9-17)22(28)19-7-4-14-31-19/h1-7,14,17,20H,8-13,15-16H2,(H,24,27)/t20-/m1/s1. The Bertz CT molecular complexity index is 885. The highest BCUT2D eigenvalue weighted by molar-refractivity contribution is 5.97. The molecule has 1 aromatic heterocycles. The molecule has 8 heteroatoms. The summed E-state index contributed by atoms with van der Waals surface area (Å²) in [7, 11) is 0. The van der Waals surface area contributed by atoms with Gasteiger partial charge in [0.25, 0.3) is 11.8 Å². The summed E-state index contributed by atoms with van der Waals surface area (Å²) in [5.41, 5.74) is 0.521. The topological polar surface area (TPSA) is 92.1 Å². The van der Waals surface area contributed by atoms with Crippen molar-refractivity contribution < 1.29 is 23.5 Å². The Balaban J connectivity index is 1.45. The van der Waals surface area contributed by atoms with Crippen molar-refractivity contribution in [2.75, 3.05) is 39.4 Å². The normalized spacial score (nSPS) is 18.5. The van der Waals surface area contributed by atoms with Crippen molar-refractivity contribution in [3.05, 3.63) is 60.1 Å². The SMILES string of the molecule is O=C(N[C@@H](C(=O)N1CCOCC1)C1CCN(C(=O)c2ccco2)CC1)c1ccccc1. The van der Waals surface area contributed by atoms with Crippen LogP contribution in [0.25, 0.3) is 0 Å². The van der Waals surface area contributed by atoms with Crippen LogP contribution in [0.15, 0.2) is 53.1 Å². The molecule has 4 rings (SSSR count). The molecular weight excluding hydrogens is 398 g/mol. The lowest BCUT2D eigenvalue weighted by Crippen LogP contribution is -2.56. The molecule has 2 fully saturated rings. The van der Waals surface area contributed by atoms with Crippen molar-refractivity contribution in [2.24, 2.45) is 5.92 Å². The first-order valence-electron chi connectivity index (χ1n) is 10.7. The summed E-state index contributed by atoms with van der Waals surface area (Å²) in [6, 6.07) is 11.6. The van der Waals surface area contributed by atoms with E-state index in [1.54, 1.807) is 46.2 Å². The second-order valence-electron chi connectivity index (χ2n) is 7.86. The fourth-order valence-corrected chi connectivity index (χ4v) is 4.17. The minimum absolute atomic E-state index is 0.0522. The Morgan fingerprint density at radius 2 is 1.61 bits per heavy atom. The molecule has 31 heavy (non-hydrogen) atoms. The van der Waals surface area contributed by atoms with Crippen LogP contribution >= 0.6 is 0 Å². The zero-order valence-electron chi connectivity index (χ0n) is 17.4. The number of rotatable bonds is 5. The first-order valence-corrected chi connectivity index (χ1v) is 10.7. The summed E-state index contributed by atoms with van der Waals surface area (Å²) in [6.45, 7) is 3.07. The number of morpholine rings is 1. The second kappa shape index (κ2) is 9.78. The van der Waals surface area contributed by atoms with E-state index in [4.69, 9.17) is 9.15 Å². The van der Waals surface area contributed by atoms with Crippen molar-refractivity contribution in [1.82, 2.24) is 15.1 Å². The number of carbonyl (C=O) groups is 3. The van der Waals surface area contributed by atoms with E-state index in [1.165, 1.54) is 6.26 Å². The molecule has 8 nitrogen and oxygen atoms in total. The number of hydrogen-bond donors (Lipinski definition) is 1. The van der Waals surface area contributed by atoms with E-state index < -0.39 is 6.04 Å². The largest absolute Gasteiger partial charge is 0.459 e. The lowest BCUT2D eigenvalue weighted by atomic mass is 9.88. The van der Waals surface area contributed by atoms with Crippen LogP contribution in [-0.2, 0) is 9.53 Å². The van der Waals surface area contributed by atoms with E-state index in [-0.39, 0.29) is 23.6 Å². The molecule has 1 aromatic carbocycles. The molecular formula is C23H27N3O5. The monoisotopic (exact) mass is 425 g/mol. The first-order chi connectivity index (χ1) is 15.1. The third-order valence-electron chi connectivity index (χ3n) is 5.94. The van der Waals surface area contributed by atoms with Crippen molar-refractivity contribution >= 4 is 17.7 Å². The van der Waals surface area contributed by atoms with Crippen molar-refractivity contribution in [3.8, 4) is 0 Å². The highest BCUT2D eigenvalue weighted by atomic mass is 16.5.